The van der Waals surface area contributed by atoms with Crippen molar-refractivity contribution < 1.29 is 28.3 Å². The highest BCUT2D eigenvalue weighted by atomic mass is 19.1. The Balaban J connectivity index is 1.39. The molecule has 8 nitrogen and oxygen atoms in total. The van der Waals surface area contributed by atoms with Crippen LogP contribution in [0.15, 0.2) is 54.1 Å². The second kappa shape index (κ2) is 9.34. The number of aliphatic hydroxyl groups excluding tert-OH is 1. The molecule has 5 rings (SSSR count). The van der Waals surface area contributed by atoms with Gasteiger partial charge in [-0.2, -0.15) is 0 Å². The van der Waals surface area contributed by atoms with E-state index in [1.807, 2.05) is 35.9 Å². The van der Waals surface area contributed by atoms with Crippen molar-refractivity contribution in [3.8, 4) is 11.4 Å². The van der Waals surface area contributed by atoms with E-state index in [1.165, 1.54) is 4.90 Å². The number of piperidine rings is 1. The van der Waals surface area contributed by atoms with Crippen molar-refractivity contribution in [3.63, 3.8) is 0 Å². The Morgan fingerprint density at radius 1 is 1.22 bits per heavy atom. The number of aliphatic hydroxyl groups is 1. The highest BCUT2D eigenvalue weighted by molar-refractivity contribution is 6.06. The maximum Gasteiger partial charge on any atom is 0.270 e. The number of imidazole rings is 1. The summed E-state index contributed by atoms with van der Waals surface area (Å²) in [6, 6.07) is 7.72. The molecule has 0 bridgehead atoms. The van der Waals surface area contributed by atoms with Gasteiger partial charge in [0.2, 0.25) is 5.60 Å². The smallest absolute Gasteiger partial charge is 0.270 e. The quantitative estimate of drug-likeness (QED) is 0.562. The Morgan fingerprint density at radius 3 is 2.67 bits per heavy atom. The molecule has 0 radical (unpaired) electrons. The highest BCUT2D eigenvalue weighted by Crippen LogP contribution is 2.39. The summed E-state index contributed by atoms with van der Waals surface area (Å²) in [5.41, 5.74) is 1.98. The molecule has 1 amide bonds. The Bertz CT molecular complexity index is 1320. The molecule has 1 aromatic heterocycles. The molecule has 2 aliphatic heterocycles. The van der Waals surface area contributed by atoms with Gasteiger partial charge in [0, 0.05) is 37.2 Å². The lowest BCUT2D eigenvalue weighted by Gasteiger charge is -2.41. The van der Waals surface area contributed by atoms with Gasteiger partial charge in [0.15, 0.2) is 0 Å². The summed E-state index contributed by atoms with van der Waals surface area (Å²) in [5.74, 6) is -1.30. The number of methoxy groups -OCH3 is 1. The molecule has 1 fully saturated rings. The number of oxime groups is 1. The third-order valence-electron chi connectivity index (χ3n) is 6.74. The van der Waals surface area contributed by atoms with Crippen LogP contribution in [0.2, 0.25) is 0 Å². The summed E-state index contributed by atoms with van der Waals surface area (Å²) in [6.07, 6.45) is 4.85. The fourth-order valence-corrected chi connectivity index (χ4v) is 4.96. The number of carbonyl (C=O) groups is 1. The minimum atomic E-state index is -1.24. The van der Waals surface area contributed by atoms with Crippen LogP contribution >= 0.6 is 0 Å². The normalized spacial score (nSPS) is 20.4. The summed E-state index contributed by atoms with van der Waals surface area (Å²) in [4.78, 5) is 25.1. The van der Waals surface area contributed by atoms with Gasteiger partial charge in [-0.15, -0.1) is 0 Å². The SMILES string of the molecule is COc1cc(C2=NOC3(CCCN(C(CO)c4cc(F)cc(F)c4)C3=O)C2)ccc1-n1cnc(C)c1. The maximum absolute atomic E-state index is 13.8. The molecule has 10 heteroatoms. The first-order valence-corrected chi connectivity index (χ1v) is 11.7. The van der Waals surface area contributed by atoms with Crippen LogP contribution < -0.4 is 4.74 Å². The number of halogens is 2. The molecule has 1 spiro atoms. The average Bonchev–Trinajstić information content (AvgIpc) is 3.48. The van der Waals surface area contributed by atoms with E-state index in [9.17, 15) is 18.7 Å². The molecule has 3 aromatic rings. The molecular weight excluding hydrogens is 470 g/mol. The first kappa shape index (κ1) is 23.9. The van der Waals surface area contributed by atoms with Gasteiger partial charge in [-0.05, 0) is 43.2 Å². The second-order valence-corrected chi connectivity index (χ2v) is 9.11. The zero-order valence-corrected chi connectivity index (χ0v) is 19.9. The lowest BCUT2D eigenvalue weighted by atomic mass is 9.84. The molecule has 2 unspecified atom stereocenters. The monoisotopic (exact) mass is 496 g/mol. The van der Waals surface area contributed by atoms with Crippen LogP contribution in [0.5, 0.6) is 5.75 Å². The lowest BCUT2D eigenvalue weighted by molar-refractivity contribution is -0.165. The van der Waals surface area contributed by atoms with Crippen molar-refractivity contribution in [1.82, 2.24) is 14.5 Å². The molecule has 188 valence electrons. The summed E-state index contributed by atoms with van der Waals surface area (Å²) < 4.78 is 35.1. The average molecular weight is 497 g/mol. The Morgan fingerprint density at radius 2 is 2.00 bits per heavy atom. The second-order valence-electron chi connectivity index (χ2n) is 9.11. The molecule has 2 aromatic carbocycles. The van der Waals surface area contributed by atoms with Crippen molar-refractivity contribution in [2.24, 2.45) is 5.16 Å². The first-order chi connectivity index (χ1) is 17.3. The number of rotatable bonds is 6. The van der Waals surface area contributed by atoms with Crippen LogP contribution in [0, 0.1) is 18.6 Å². The van der Waals surface area contributed by atoms with Gasteiger partial charge in [0.05, 0.1) is 43.2 Å². The molecule has 2 aliphatic rings. The number of benzene rings is 2. The first-order valence-electron chi connectivity index (χ1n) is 11.7. The van der Waals surface area contributed by atoms with E-state index in [-0.39, 0.29) is 17.9 Å². The minimum absolute atomic E-state index is 0.189. The molecule has 36 heavy (non-hydrogen) atoms. The van der Waals surface area contributed by atoms with E-state index < -0.39 is 29.9 Å². The number of likely N-dealkylation sites (tertiary alicyclic amines) is 1. The number of aromatic nitrogens is 2. The number of carbonyl (C=O) groups excluding carboxylic acids is 1. The summed E-state index contributed by atoms with van der Waals surface area (Å²) >= 11 is 0. The highest BCUT2D eigenvalue weighted by Gasteiger charge is 2.52. The fourth-order valence-electron chi connectivity index (χ4n) is 4.96. The molecular formula is C26H26F2N4O4. The molecule has 0 aliphatic carbocycles. The van der Waals surface area contributed by atoms with Crippen molar-refractivity contribution in [2.75, 3.05) is 20.3 Å². The van der Waals surface area contributed by atoms with Crippen LogP contribution in [0.1, 0.15) is 42.1 Å². The summed E-state index contributed by atoms with van der Waals surface area (Å²) in [5, 5.41) is 14.3. The minimum Gasteiger partial charge on any atom is -0.495 e. The number of hydrogen-bond donors (Lipinski definition) is 1. The Hall–Kier alpha value is -3.79. The third kappa shape index (κ3) is 4.21. The van der Waals surface area contributed by atoms with Crippen molar-refractivity contribution in [2.45, 2.75) is 37.8 Å². The zero-order chi connectivity index (χ0) is 25.4. The van der Waals surface area contributed by atoms with E-state index in [0.717, 1.165) is 35.1 Å². The summed E-state index contributed by atoms with van der Waals surface area (Å²) in [7, 11) is 1.58. The number of ether oxygens (including phenoxy) is 1. The standard InChI is InChI=1S/C26H26F2N4O4/c1-16-13-31(15-29-16)22-5-4-17(10-24(22)35-2)21-12-26(36-30-21)6-3-7-32(25(26)34)23(14-33)18-8-19(27)11-20(28)9-18/h4-5,8-11,13,15,23,33H,3,6-7,12,14H2,1-2H3. The zero-order valence-electron chi connectivity index (χ0n) is 19.9. The molecule has 2 atom stereocenters. The molecule has 1 saturated heterocycles. The van der Waals surface area contributed by atoms with Crippen LogP contribution in [0.3, 0.4) is 0 Å². The molecule has 3 heterocycles. The number of hydrogen-bond acceptors (Lipinski definition) is 6. The van der Waals surface area contributed by atoms with Gasteiger partial charge in [-0.25, -0.2) is 13.8 Å². The van der Waals surface area contributed by atoms with Gasteiger partial charge < -0.3 is 24.1 Å². The van der Waals surface area contributed by atoms with Gasteiger partial charge >= 0.3 is 0 Å². The lowest BCUT2D eigenvalue weighted by Crippen LogP contribution is -2.55. The van der Waals surface area contributed by atoms with Crippen LogP contribution in [-0.4, -0.2) is 57.0 Å². The molecule has 0 saturated carbocycles. The van der Waals surface area contributed by atoms with Gasteiger partial charge in [-0.3, -0.25) is 4.79 Å². The van der Waals surface area contributed by atoms with Crippen molar-refractivity contribution >= 4 is 11.6 Å². The van der Waals surface area contributed by atoms with E-state index in [0.29, 0.717) is 30.8 Å². The largest absolute Gasteiger partial charge is 0.495 e. The molecule has 1 N–H and O–H groups in total. The van der Waals surface area contributed by atoms with E-state index >= 15 is 0 Å². The van der Waals surface area contributed by atoms with Crippen LogP contribution in [0.25, 0.3) is 5.69 Å². The van der Waals surface area contributed by atoms with Crippen molar-refractivity contribution in [1.29, 1.82) is 0 Å². The fraction of sp³-hybridized carbons (Fsp3) is 0.346. The van der Waals surface area contributed by atoms with E-state index in [1.54, 1.807) is 13.4 Å². The number of amides is 1. The topological polar surface area (TPSA) is 89.2 Å². The number of aryl methyl sites for hydroxylation is 1. The predicted octanol–water partition coefficient (Wildman–Crippen LogP) is 3.69. The number of nitrogens with zero attached hydrogens (tertiary/aromatic N) is 4. The van der Waals surface area contributed by atoms with Crippen molar-refractivity contribution in [3.05, 3.63) is 77.4 Å². The summed E-state index contributed by atoms with van der Waals surface area (Å²) in [6.45, 7) is 1.75. The third-order valence-corrected chi connectivity index (χ3v) is 6.74. The maximum atomic E-state index is 13.8. The Kier molecular flexibility index (Phi) is 6.21. The Labute approximate surface area is 206 Å². The predicted molar refractivity (Wildman–Crippen MR) is 127 cm³/mol. The van der Waals surface area contributed by atoms with Crippen LogP contribution in [0.4, 0.5) is 8.78 Å². The van der Waals surface area contributed by atoms with Gasteiger partial charge in [0.1, 0.15) is 17.4 Å². The van der Waals surface area contributed by atoms with Crippen LogP contribution in [-0.2, 0) is 9.63 Å². The van der Waals surface area contributed by atoms with Gasteiger partial charge in [0.25, 0.3) is 5.91 Å². The van der Waals surface area contributed by atoms with E-state index in [2.05, 4.69) is 10.1 Å². The van der Waals surface area contributed by atoms with E-state index in [4.69, 9.17) is 9.57 Å². The van der Waals surface area contributed by atoms with Gasteiger partial charge in [-0.1, -0.05) is 11.2 Å².